The maximum atomic E-state index is 13.5. The van der Waals surface area contributed by atoms with Gasteiger partial charge >= 0.3 is 0 Å². The molecule has 0 aliphatic heterocycles. The van der Waals surface area contributed by atoms with Crippen LogP contribution in [-0.4, -0.2) is 12.6 Å². The molecule has 0 saturated heterocycles. The van der Waals surface area contributed by atoms with Crippen LogP contribution in [0.15, 0.2) is 12.1 Å². The minimum atomic E-state index is -0.715. The van der Waals surface area contributed by atoms with Crippen molar-refractivity contribution in [1.29, 1.82) is 0 Å². The molecular weight excluding hydrogens is 224 g/mol. The van der Waals surface area contributed by atoms with Crippen LogP contribution in [0.1, 0.15) is 18.4 Å². The van der Waals surface area contributed by atoms with Gasteiger partial charge in [-0.1, -0.05) is 5.92 Å². The van der Waals surface area contributed by atoms with E-state index in [1.807, 2.05) is 0 Å². The minimum Gasteiger partial charge on any atom is -0.475 e. The van der Waals surface area contributed by atoms with E-state index in [2.05, 4.69) is 11.2 Å². The first kappa shape index (κ1) is 11.9. The number of ether oxygens (including phenoxy) is 1. The Morgan fingerprint density at radius 2 is 2.00 bits per heavy atom. The number of rotatable bonds is 5. The quantitative estimate of drug-likeness (QED) is 0.793. The van der Waals surface area contributed by atoms with Crippen molar-refractivity contribution >= 4 is 0 Å². The van der Waals surface area contributed by atoms with Crippen molar-refractivity contribution in [1.82, 2.24) is 5.32 Å². The monoisotopic (exact) mass is 237 g/mol. The average Bonchev–Trinajstić information content (AvgIpc) is 3.09. The summed E-state index contributed by atoms with van der Waals surface area (Å²) >= 11 is 0. The molecule has 0 unspecified atom stereocenters. The Balaban J connectivity index is 2.06. The molecule has 17 heavy (non-hydrogen) atoms. The summed E-state index contributed by atoms with van der Waals surface area (Å²) in [5.74, 6) is 0.331. The predicted octanol–water partition coefficient (Wildman–Crippen LogP) is 2.23. The van der Waals surface area contributed by atoms with Crippen LogP contribution in [-0.2, 0) is 6.54 Å². The van der Waals surface area contributed by atoms with Gasteiger partial charge in [0.15, 0.2) is 17.4 Å². The van der Waals surface area contributed by atoms with Crippen molar-refractivity contribution in [3.63, 3.8) is 0 Å². The maximum Gasteiger partial charge on any atom is 0.192 e. The predicted molar refractivity (Wildman–Crippen MR) is 60.5 cm³/mol. The normalized spacial score (nSPS) is 14.4. The van der Waals surface area contributed by atoms with E-state index in [1.54, 1.807) is 0 Å². The highest BCUT2D eigenvalue weighted by molar-refractivity contribution is 5.31. The summed E-state index contributed by atoms with van der Waals surface area (Å²) in [5, 5.41) is 3.18. The molecule has 2 nitrogen and oxygen atoms in total. The topological polar surface area (TPSA) is 21.3 Å². The molecule has 1 N–H and O–H groups in total. The molecular formula is C13H13F2NO. The summed E-state index contributed by atoms with van der Waals surface area (Å²) in [5.41, 5.74) is 0.569. The minimum absolute atomic E-state index is 0.145. The molecule has 0 amide bonds. The highest BCUT2D eigenvalue weighted by Crippen LogP contribution is 2.24. The largest absolute Gasteiger partial charge is 0.475 e. The number of benzene rings is 1. The molecule has 0 bridgehead atoms. The van der Waals surface area contributed by atoms with Gasteiger partial charge in [0.25, 0.3) is 0 Å². The SMILES string of the molecule is C#CCOc1c(F)cc(CNC2CC2)cc1F. The molecule has 1 aliphatic rings. The van der Waals surface area contributed by atoms with Crippen LogP contribution in [0.2, 0.25) is 0 Å². The second-order valence-corrected chi connectivity index (χ2v) is 4.04. The molecule has 0 radical (unpaired) electrons. The molecule has 90 valence electrons. The Bertz CT molecular complexity index is 426. The van der Waals surface area contributed by atoms with Crippen molar-refractivity contribution in [2.24, 2.45) is 0 Å². The lowest BCUT2D eigenvalue weighted by molar-refractivity contribution is 0.326. The summed E-state index contributed by atoms with van der Waals surface area (Å²) < 4.78 is 31.8. The molecule has 0 aromatic heterocycles. The van der Waals surface area contributed by atoms with E-state index in [0.717, 1.165) is 12.8 Å². The molecule has 1 fully saturated rings. The smallest absolute Gasteiger partial charge is 0.192 e. The van der Waals surface area contributed by atoms with Crippen LogP contribution < -0.4 is 10.1 Å². The maximum absolute atomic E-state index is 13.5. The lowest BCUT2D eigenvalue weighted by Crippen LogP contribution is -2.15. The van der Waals surface area contributed by atoms with Crippen LogP contribution in [0.25, 0.3) is 0 Å². The lowest BCUT2D eigenvalue weighted by atomic mass is 10.2. The number of hydrogen-bond acceptors (Lipinski definition) is 2. The molecule has 0 atom stereocenters. The standard InChI is InChI=1S/C13H13F2NO/c1-2-5-17-13-11(14)6-9(7-12(13)15)8-16-10-3-4-10/h1,6-7,10,16H,3-5,8H2. The van der Waals surface area contributed by atoms with Crippen molar-refractivity contribution in [3.8, 4) is 18.1 Å². The van der Waals surface area contributed by atoms with Crippen LogP contribution >= 0.6 is 0 Å². The molecule has 1 aliphatic carbocycles. The second kappa shape index (κ2) is 5.15. The zero-order valence-electron chi connectivity index (χ0n) is 9.30. The van der Waals surface area contributed by atoms with Gasteiger partial charge in [-0.15, -0.1) is 6.42 Å². The van der Waals surface area contributed by atoms with E-state index in [0.29, 0.717) is 18.2 Å². The van der Waals surface area contributed by atoms with E-state index in [-0.39, 0.29) is 6.61 Å². The molecule has 4 heteroatoms. The van der Waals surface area contributed by atoms with Crippen LogP contribution in [0.3, 0.4) is 0 Å². The third kappa shape index (κ3) is 3.18. The Labute approximate surface area is 99.0 Å². The van der Waals surface area contributed by atoms with E-state index in [9.17, 15) is 8.78 Å². The average molecular weight is 237 g/mol. The molecule has 1 saturated carbocycles. The lowest BCUT2D eigenvalue weighted by Gasteiger charge is -2.08. The molecule has 1 aromatic rings. The van der Waals surface area contributed by atoms with Gasteiger partial charge < -0.3 is 10.1 Å². The zero-order valence-corrected chi connectivity index (χ0v) is 9.30. The fourth-order valence-corrected chi connectivity index (χ4v) is 1.52. The molecule has 0 heterocycles. The van der Waals surface area contributed by atoms with Gasteiger partial charge in [0.05, 0.1) is 0 Å². The Hall–Kier alpha value is -1.60. The first-order chi connectivity index (χ1) is 8.20. The third-order valence-corrected chi connectivity index (χ3v) is 2.53. The number of hydrogen-bond donors (Lipinski definition) is 1. The van der Waals surface area contributed by atoms with Crippen molar-refractivity contribution < 1.29 is 13.5 Å². The second-order valence-electron chi connectivity index (χ2n) is 4.04. The summed E-state index contributed by atoms with van der Waals surface area (Å²) in [6.45, 7) is 0.321. The molecule has 2 rings (SSSR count). The number of halogens is 2. The summed E-state index contributed by atoms with van der Waals surface area (Å²) in [4.78, 5) is 0. The Kier molecular flexibility index (Phi) is 3.60. The van der Waals surface area contributed by atoms with Gasteiger partial charge in [-0.2, -0.15) is 0 Å². The van der Waals surface area contributed by atoms with Gasteiger partial charge in [0.2, 0.25) is 0 Å². The molecule has 0 spiro atoms. The first-order valence-electron chi connectivity index (χ1n) is 5.48. The zero-order chi connectivity index (χ0) is 12.3. The van der Waals surface area contributed by atoms with Crippen LogP contribution in [0, 0.1) is 24.0 Å². The summed E-state index contributed by atoms with van der Waals surface area (Å²) in [6.07, 6.45) is 7.23. The van der Waals surface area contributed by atoms with Gasteiger partial charge in [-0.05, 0) is 30.5 Å². The van der Waals surface area contributed by atoms with Crippen molar-refractivity contribution in [3.05, 3.63) is 29.3 Å². The fourth-order valence-electron chi connectivity index (χ4n) is 1.52. The van der Waals surface area contributed by atoms with E-state index in [4.69, 9.17) is 11.2 Å². The van der Waals surface area contributed by atoms with E-state index in [1.165, 1.54) is 12.1 Å². The van der Waals surface area contributed by atoms with Gasteiger partial charge in [-0.3, -0.25) is 0 Å². The van der Waals surface area contributed by atoms with Crippen LogP contribution in [0.5, 0.6) is 5.75 Å². The fraction of sp³-hybridized carbons (Fsp3) is 0.385. The number of nitrogens with one attached hydrogen (secondary N) is 1. The van der Waals surface area contributed by atoms with Crippen LogP contribution in [0.4, 0.5) is 8.78 Å². The van der Waals surface area contributed by atoms with Gasteiger partial charge in [0, 0.05) is 12.6 Å². The highest BCUT2D eigenvalue weighted by atomic mass is 19.1. The molecule has 1 aromatic carbocycles. The third-order valence-electron chi connectivity index (χ3n) is 2.53. The highest BCUT2D eigenvalue weighted by Gasteiger charge is 2.20. The Morgan fingerprint density at radius 3 is 2.53 bits per heavy atom. The van der Waals surface area contributed by atoms with Gasteiger partial charge in [-0.25, -0.2) is 8.78 Å². The van der Waals surface area contributed by atoms with Gasteiger partial charge in [0.1, 0.15) is 6.61 Å². The first-order valence-corrected chi connectivity index (χ1v) is 5.48. The number of terminal acetylenes is 1. The van der Waals surface area contributed by atoms with Crippen molar-refractivity contribution in [2.45, 2.75) is 25.4 Å². The Morgan fingerprint density at radius 1 is 1.35 bits per heavy atom. The van der Waals surface area contributed by atoms with E-state index >= 15 is 0 Å². The summed E-state index contributed by atoms with van der Waals surface area (Å²) in [6, 6.07) is 3.03. The van der Waals surface area contributed by atoms with Crippen molar-refractivity contribution in [2.75, 3.05) is 6.61 Å². The summed E-state index contributed by atoms with van der Waals surface area (Å²) in [7, 11) is 0. The van der Waals surface area contributed by atoms with E-state index < -0.39 is 17.4 Å².